The summed E-state index contributed by atoms with van der Waals surface area (Å²) in [5.74, 6) is -1.17. The van der Waals surface area contributed by atoms with Crippen molar-refractivity contribution in [2.75, 3.05) is 0 Å². The van der Waals surface area contributed by atoms with Gasteiger partial charge in [-0.15, -0.1) is 0 Å². The van der Waals surface area contributed by atoms with Crippen molar-refractivity contribution in [1.29, 1.82) is 0 Å². The second kappa shape index (κ2) is 11.0. The third-order valence-corrected chi connectivity index (χ3v) is 7.21. The van der Waals surface area contributed by atoms with Crippen molar-refractivity contribution in [2.45, 2.75) is 23.0 Å². The number of sulfone groups is 1. The van der Waals surface area contributed by atoms with Crippen LogP contribution in [0.4, 0.5) is 0 Å². The lowest BCUT2D eigenvalue weighted by molar-refractivity contribution is 0.0686. The number of carboxylic acids is 2. The summed E-state index contributed by atoms with van der Waals surface area (Å²) in [6.45, 7) is 0.268. The van der Waals surface area contributed by atoms with E-state index in [1.807, 2.05) is 0 Å². The Morgan fingerprint density at radius 3 is 1.32 bits per heavy atom. The molecule has 0 unspecified atom stereocenters. The van der Waals surface area contributed by atoms with Crippen molar-refractivity contribution in [1.82, 2.24) is 0 Å². The van der Waals surface area contributed by atoms with Crippen molar-refractivity contribution < 1.29 is 37.7 Å². The molecule has 4 rings (SSSR count). The van der Waals surface area contributed by atoms with Crippen LogP contribution in [0.5, 0.6) is 11.5 Å². The van der Waals surface area contributed by atoms with E-state index in [9.17, 15) is 18.0 Å². The minimum Gasteiger partial charge on any atom is -0.489 e. The molecule has 0 aliphatic heterocycles. The van der Waals surface area contributed by atoms with Gasteiger partial charge in [0, 0.05) is 0 Å². The van der Waals surface area contributed by atoms with Crippen molar-refractivity contribution in [2.24, 2.45) is 0 Å². The van der Waals surface area contributed by atoms with Crippen LogP contribution < -0.4 is 9.47 Å². The molecule has 188 valence electrons. The van der Waals surface area contributed by atoms with Gasteiger partial charge in [0.2, 0.25) is 9.84 Å². The molecule has 0 bridgehead atoms. The molecule has 0 atom stereocenters. The third kappa shape index (κ3) is 6.33. The fourth-order valence-electron chi connectivity index (χ4n) is 3.49. The third-order valence-electron chi connectivity index (χ3n) is 5.43. The Morgan fingerprint density at radius 2 is 0.973 bits per heavy atom. The average Bonchev–Trinajstić information content (AvgIpc) is 2.91. The summed E-state index contributed by atoms with van der Waals surface area (Å²) < 4.78 is 37.4. The summed E-state index contributed by atoms with van der Waals surface area (Å²) in [4.78, 5) is 22.4. The van der Waals surface area contributed by atoms with Gasteiger partial charge in [-0.05, 0) is 83.9 Å². The van der Waals surface area contributed by atoms with Crippen LogP contribution in [0.2, 0.25) is 0 Å². The first kappa shape index (κ1) is 25.5. The molecule has 0 fully saturated rings. The number of hydrogen-bond acceptors (Lipinski definition) is 6. The highest BCUT2D eigenvalue weighted by atomic mass is 32.2. The molecule has 0 aliphatic carbocycles. The fourth-order valence-corrected chi connectivity index (χ4v) is 4.75. The van der Waals surface area contributed by atoms with Crippen molar-refractivity contribution in [3.05, 3.63) is 119 Å². The lowest BCUT2D eigenvalue weighted by atomic mass is 10.1. The molecular weight excluding hydrogens is 496 g/mol. The quantitative estimate of drug-likeness (QED) is 0.298. The van der Waals surface area contributed by atoms with Crippen LogP contribution in [0.25, 0.3) is 0 Å². The predicted octanol–water partition coefficient (Wildman–Crippen LogP) is 5.07. The maximum atomic E-state index is 13.0. The van der Waals surface area contributed by atoms with Crippen LogP contribution in [0.3, 0.4) is 0 Å². The first-order valence-electron chi connectivity index (χ1n) is 11.1. The fraction of sp³-hybridized carbons (Fsp3) is 0.0714. The van der Waals surface area contributed by atoms with E-state index in [1.165, 1.54) is 72.8 Å². The van der Waals surface area contributed by atoms with E-state index < -0.39 is 21.8 Å². The second-order valence-corrected chi connectivity index (χ2v) is 9.98. The van der Waals surface area contributed by atoms with Crippen LogP contribution in [0.1, 0.15) is 31.8 Å². The van der Waals surface area contributed by atoms with Gasteiger partial charge in [-0.3, -0.25) is 0 Å². The van der Waals surface area contributed by atoms with E-state index >= 15 is 0 Å². The minimum absolute atomic E-state index is 0.0897. The van der Waals surface area contributed by atoms with E-state index in [0.29, 0.717) is 22.6 Å². The Hall–Kier alpha value is -4.63. The van der Waals surface area contributed by atoms with Gasteiger partial charge in [0.05, 0.1) is 20.9 Å². The van der Waals surface area contributed by atoms with Gasteiger partial charge in [0.1, 0.15) is 24.7 Å². The van der Waals surface area contributed by atoms with E-state index in [1.54, 1.807) is 24.3 Å². The highest BCUT2D eigenvalue weighted by Crippen LogP contribution is 2.25. The van der Waals surface area contributed by atoms with Gasteiger partial charge in [0.25, 0.3) is 0 Å². The first-order chi connectivity index (χ1) is 17.7. The molecule has 0 spiro atoms. The molecule has 0 saturated heterocycles. The Balaban J connectivity index is 1.38. The highest BCUT2D eigenvalue weighted by Gasteiger charge is 2.18. The first-order valence-corrected chi connectivity index (χ1v) is 12.6. The summed E-state index contributed by atoms with van der Waals surface area (Å²) in [6.07, 6.45) is 0. The number of carbonyl (C=O) groups is 2. The maximum Gasteiger partial charge on any atom is 0.335 e. The molecule has 0 amide bonds. The topological polar surface area (TPSA) is 127 Å². The summed E-state index contributed by atoms with van der Waals surface area (Å²) in [7, 11) is -3.78. The molecule has 4 aromatic carbocycles. The smallest absolute Gasteiger partial charge is 0.335 e. The van der Waals surface area contributed by atoms with Crippen molar-refractivity contribution in [3.63, 3.8) is 0 Å². The van der Waals surface area contributed by atoms with Gasteiger partial charge in [0.15, 0.2) is 0 Å². The number of ether oxygens (including phenoxy) is 2. The highest BCUT2D eigenvalue weighted by molar-refractivity contribution is 7.91. The van der Waals surface area contributed by atoms with E-state index in [0.717, 1.165) is 0 Å². The Morgan fingerprint density at radius 1 is 0.595 bits per heavy atom. The molecule has 0 saturated carbocycles. The summed E-state index contributed by atoms with van der Waals surface area (Å²) in [5.41, 5.74) is 1.67. The zero-order chi connectivity index (χ0) is 26.4. The number of benzene rings is 4. The summed E-state index contributed by atoms with van der Waals surface area (Å²) >= 11 is 0. The molecule has 0 aromatic heterocycles. The Bertz CT molecular complexity index is 1410. The zero-order valence-electron chi connectivity index (χ0n) is 19.4. The van der Waals surface area contributed by atoms with Gasteiger partial charge in [-0.25, -0.2) is 18.0 Å². The Kier molecular flexibility index (Phi) is 7.55. The molecule has 0 aliphatic rings. The van der Waals surface area contributed by atoms with E-state index in [-0.39, 0.29) is 34.1 Å². The van der Waals surface area contributed by atoms with Crippen LogP contribution in [0, 0.1) is 0 Å². The van der Waals surface area contributed by atoms with Crippen LogP contribution in [-0.4, -0.2) is 30.6 Å². The molecule has 8 nitrogen and oxygen atoms in total. The van der Waals surface area contributed by atoms with Crippen LogP contribution in [-0.2, 0) is 23.1 Å². The SMILES string of the molecule is O=C(O)c1cccc(COc2ccc(S(=O)(=O)c3ccc(OCc4cccc(C(=O)O)c4)cc3)cc2)c1. The summed E-state index contributed by atoms with van der Waals surface area (Å²) in [5, 5.41) is 18.2. The molecule has 37 heavy (non-hydrogen) atoms. The zero-order valence-corrected chi connectivity index (χ0v) is 20.2. The van der Waals surface area contributed by atoms with E-state index in [4.69, 9.17) is 19.7 Å². The monoisotopic (exact) mass is 518 g/mol. The lowest BCUT2D eigenvalue weighted by Gasteiger charge is -2.10. The predicted molar refractivity (Wildman–Crippen MR) is 134 cm³/mol. The standard InChI is InChI=1S/C28H22O8S/c29-27(30)21-5-1-3-19(15-21)17-35-23-7-11-25(12-8-23)37(33,34)26-13-9-24(10-14-26)36-18-20-4-2-6-22(16-20)28(31)32/h1-16H,17-18H2,(H,29,30)(H,31,32). The number of carboxylic acid groups (broad SMARTS) is 2. The molecule has 0 radical (unpaired) electrons. The largest absolute Gasteiger partial charge is 0.489 e. The van der Waals surface area contributed by atoms with Gasteiger partial charge >= 0.3 is 11.9 Å². The van der Waals surface area contributed by atoms with Crippen LogP contribution in [0.15, 0.2) is 107 Å². The molecule has 2 N–H and O–H groups in total. The molecular formula is C28H22O8S. The van der Waals surface area contributed by atoms with Crippen molar-refractivity contribution in [3.8, 4) is 11.5 Å². The lowest BCUT2D eigenvalue weighted by Crippen LogP contribution is -2.03. The number of rotatable bonds is 10. The molecule has 4 aromatic rings. The van der Waals surface area contributed by atoms with Gasteiger partial charge in [-0.2, -0.15) is 0 Å². The normalized spacial score (nSPS) is 11.0. The van der Waals surface area contributed by atoms with E-state index in [2.05, 4.69) is 0 Å². The maximum absolute atomic E-state index is 13.0. The minimum atomic E-state index is -3.78. The number of aromatic carboxylic acids is 2. The average molecular weight is 519 g/mol. The van der Waals surface area contributed by atoms with Gasteiger partial charge in [-0.1, -0.05) is 24.3 Å². The number of hydrogen-bond donors (Lipinski definition) is 2. The molecule has 9 heteroatoms. The van der Waals surface area contributed by atoms with Gasteiger partial charge < -0.3 is 19.7 Å². The molecule has 0 heterocycles. The summed E-state index contributed by atoms with van der Waals surface area (Å²) in [6, 6.07) is 24.7. The Labute approximate surface area is 213 Å². The van der Waals surface area contributed by atoms with Crippen LogP contribution >= 0.6 is 0 Å². The van der Waals surface area contributed by atoms with Crippen molar-refractivity contribution >= 4 is 21.8 Å². The second-order valence-electron chi connectivity index (χ2n) is 8.03.